The average Bonchev–Trinajstić information content (AvgIpc) is 2.57. The molecule has 2 rings (SSSR count). The van der Waals surface area contributed by atoms with Crippen molar-refractivity contribution in [1.29, 1.82) is 0 Å². The lowest BCUT2D eigenvalue weighted by molar-refractivity contribution is -0.398. The van der Waals surface area contributed by atoms with Crippen molar-refractivity contribution in [2.45, 2.75) is 6.10 Å². The van der Waals surface area contributed by atoms with Crippen LogP contribution < -0.4 is 5.11 Å². The summed E-state index contributed by atoms with van der Waals surface area (Å²) in [6.45, 7) is -0.141. The Labute approximate surface area is 146 Å². The van der Waals surface area contributed by atoms with Gasteiger partial charge in [0.05, 0.1) is 22.5 Å². The van der Waals surface area contributed by atoms with Crippen molar-refractivity contribution in [2.24, 2.45) is 4.99 Å². The van der Waals surface area contributed by atoms with Crippen LogP contribution in [0.25, 0.3) is 0 Å². The molecule has 0 saturated heterocycles. The van der Waals surface area contributed by atoms with Gasteiger partial charge >= 0.3 is 0 Å². The minimum Gasteiger partial charge on any atom is -0.867 e. The molecule has 0 bridgehead atoms. The molecule has 9 nitrogen and oxygen atoms in total. The van der Waals surface area contributed by atoms with Gasteiger partial charge in [-0.3, -0.25) is 25.2 Å². The molecule has 0 fully saturated rings. The maximum Gasteiger partial charge on any atom is 0.269 e. The van der Waals surface area contributed by atoms with E-state index in [-0.39, 0.29) is 22.8 Å². The van der Waals surface area contributed by atoms with Gasteiger partial charge in [0.15, 0.2) is 0 Å². The monoisotopic (exact) mass is 364 g/mol. The molecule has 1 N–H and O–H groups in total. The van der Waals surface area contributed by atoms with Gasteiger partial charge in [0.1, 0.15) is 0 Å². The van der Waals surface area contributed by atoms with Gasteiger partial charge in [-0.25, -0.2) is 0 Å². The molecular formula is C15H11ClN3O6-. The number of aliphatic imine (C=N–C) groups is 1. The SMILES string of the molecule is O=[N+]([O-])c1ccc([C@H](O)CN=Cc2cc(Cl)cc([N+](=O)[O-])c2[O-])cc1. The van der Waals surface area contributed by atoms with Crippen molar-refractivity contribution < 1.29 is 20.1 Å². The predicted octanol–water partition coefficient (Wildman–Crippen LogP) is 2.38. The van der Waals surface area contributed by atoms with E-state index in [2.05, 4.69) is 4.99 Å². The Morgan fingerprint density at radius 3 is 2.36 bits per heavy atom. The molecule has 0 amide bonds. The Balaban J connectivity index is 2.12. The second kappa shape index (κ2) is 7.69. The highest BCUT2D eigenvalue weighted by Crippen LogP contribution is 2.30. The standard InChI is InChI=1S/C15H12ClN3O6/c16-11-5-10(15(21)13(6-11)19(24)25)7-17-8-14(20)9-1-3-12(4-2-9)18(22)23/h1-7,14,20-21H,8H2/p-1/t14-/m1/s1. The van der Waals surface area contributed by atoms with Gasteiger partial charge in [-0.2, -0.15) is 0 Å². The molecule has 1 atom stereocenters. The first-order valence-corrected chi connectivity index (χ1v) is 7.24. The summed E-state index contributed by atoms with van der Waals surface area (Å²) in [4.78, 5) is 23.9. The third-order valence-electron chi connectivity index (χ3n) is 3.26. The Morgan fingerprint density at radius 1 is 1.16 bits per heavy atom. The minimum absolute atomic E-state index is 0.0173. The van der Waals surface area contributed by atoms with Crippen LogP contribution in [0, 0.1) is 20.2 Å². The van der Waals surface area contributed by atoms with E-state index in [1.165, 1.54) is 30.3 Å². The van der Waals surface area contributed by atoms with E-state index < -0.39 is 27.4 Å². The van der Waals surface area contributed by atoms with Crippen molar-refractivity contribution >= 4 is 29.2 Å². The number of non-ortho nitro benzene ring substituents is 1. The number of aliphatic hydroxyl groups is 1. The molecule has 130 valence electrons. The van der Waals surface area contributed by atoms with Gasteiger partial charge in [0, 0.05) is 29.4 Å². The van der Waals surface area contributed by atoms with Crippen LogP contribution in [0.15, 0.2) is 41.4 Å². The lowest BCUT2D eigenvalue weighted by atomic mass is 10.1. The number of hydrogen-bond donors (Lipinski definition) is 1. The maximum absolute atomic E-state index is 11.9. The molecule has 0 aliphatic heterocycles. The number of benzene rings is 2. The highest BCUT2D eigenvalue weighted by molar-refractivity contribution is 6.31. The summed E-state index contributed by atoms with van der Waals surface area (Å²) in [6, 6.07) is 7.46. The predicted molar refractivity (Wildman–Crippen MR) is 88.1 cm³/mol. The van der Waals surface area contributed by atoms with E-state index in [0.29, 0.717) is 5.56 Å². The van der Waals surface area contributed by atoms with Gasteiger partial charge in [-0.1, -0.05) is 11.6 Å². The average molecular weight is 365 g/mol. The smallest absolute Gasteiger partial charge is 0.269 e. The van der Waals surface area contributed by atoms with Crippen molar-refractivity contribution in [2.75, 3.05) is 6.54 Å². The number of nitrogens with zero attached hydrogens (tertiary/aromatic N) is 3. The highest BCUT2D eigenvalue weighted by atomic mass is 35.5. The summed E-state index contributed by atoms with van der Waals surface area (Å²) < 4.78 is 0. The molecule has 10 heteroatoms. The molecule has 0 spiro atoms. The number of nitro groups is 2. The lowest BCUT2D eigenvalue weighted by Crippen LogP contribution is -2.04. The van der Waals surface area contributed by atoms with E-state index in [1.54, 1.807) is 0 Å². The third-order valence-corrected chi connectivity index (χ3v) is 3.48. The molecular weight excluding hydrogens is 354 g/mol. The lowest BCUT2D eigenvalue weighted by Gasteiger charge is -2.11. The van der Waals surface area contributed by atoms with Crippen LogP contribution in [0.5, 0.6) is 5.75 Å². The van der Waals surface area contributed by atoms with Crippen molar-refractivity contribution in [3.63, 3.8) is 0 Å². The number of hydrogen-bond acceptors (Lipinski definition) is 7. The fourth-order valence-electron chi connectivity index (χ4n) is 2.01. The molecule has 0 saturated carbocycles. The molecule has 2 aromatic rings. The second-order valence-corrected chi connectivity index (χ2v) is 5.40. The topological polar surface area (TPSA) is 142 Å². The van der Waals surface area contributed by atoms with Gasteiger partial charge in [0.2, 0.25) is 0 Å². The number of nitro benzene ring substituents is 2. The Morgan fingerprint density at radius 2 is 1.80 bits per heavy atom. The van der Waals surface area contributed by atoms with E-state index in [0.717, 1.165) is 12.3 Å². The van der Waals surface area contributed by atoms with Gasteiger partial charge < -0.3 is 10.2 Å². The molecule has 0 aliphatic carbocycles. The Kier molecular flexibility index (Phi) is 5.63. The van der Waals surface area contributed by atoms with Crippen LogP contribution in [0.2, 0.25) is 5.02 Å². The van der Waals surface area contributed by atoms with Gasteiger partial charge in [-0.05, 0) is 35.1 Å². The van der Waals surface area contributed by atoms with Crippen molar-refractivity contribution in [3.8, 4) is 5.75 Å². The highest BCUT2D eigenvalue weighted by Gasteiger charge is 2.12. The first kappa shape index (κ1) is 18.3. The maximum atomic E-state index is 11.9. The zero-order chi connectivity index (χ0) is 18.6. The molecule has 25 heavy (non-hydrogen) atoms. The molecule has 0 radical (unpaired) electrons. The molecule has 2 aromatic carbocycles. The van der Waals surface area contributed by atoms with Gasteiger partial charge in [-0.15, -0.1) is 0 Å². The third kappa shape index (κ3) is 4.49. The molecule has 0 aliphatic rings. The normalized spacial score (nSPS) is 12.2. The van der Waals surface area contributed by atoms with Crippen LogP contribution in [-0.4, -0.2) is 27.7 Å². The van der Waals surface area contributed by atoms with Crippen molar-refractivity contribution in [3.05, 3.63) is 72.8 Å². The van der Waals surface area contributed by atoms with Crippen LogP contribution >= 0.6 is 11.6 Å². The fourth-order valence-corrected chi connectivity index (χ4v) is 2.23. The number of aliphatic hydroxyl groups excluding tert-OH is 1. The van der Waals surface area contributed by atoms with E-state index >= 15 is 0 Å². The largest absolute Gasteiger partial charge is 0.867 e. The van der Waals surface area contributed by atoms with Crippen LogP contribution in [0.3, 0.4) is 0 Å². The number of rotatable bonds is 6. The summed E-state index contributed by atoms with van der Waals surface area (Å²) in [5.74, 6) is -0.831. The summed E-state index contributed by atoms with van der Waals surface area (Å²) in [5.41, 5.74) is -0.441. The van der Waals surface area contributed by atoms with Gasteiger partial charge in [0.25, 0.3) is 11.4 Å². The summed E-state index contributed by atoms with van der Waals surface area (Å²) >= 11 is 5.73. The van der Waals surface area contributed by atoms with E-state index in [4.69, 9.17) is 11.6 Å². The Bertz CT molecular complexity index is 838. The molecule has 0 aromatic heterocycles. The zero-order valence-corrected chi connectivity index (χ0v) is 13.3. The summed E-state index contributed by atoms with van der Waals surface area (Å²) in [7, 11) is 0. The first-order chi connectivity index (χ1) is 11.8. The van der Waals surface area contributed by atoms with Crippen LogP contribution in [-0.2, 0) is 0 Å². The fraction of sp³-hybridized carbons (Fsp3) is 0.133. The summed E-state index contributed by atoms with van der Waals surface area (Å²) in [5, 5.41) is 43.3. The van der Waals surface area contributed by atoms with E-state index in [9.17, 15) is 30.4 Å². The minimum atomic E-state index is -1.05. The Hall–Kier alpha value is -3.04. The quantitative estimate of drug-likeness (QED) is 0.473. The van der Waals surface area contributed by atoms with Crippen LogP contribution in [0.1, 0.15) is 17.2 Å². The van der Waals surface area contributed by atoms with Crippen LogP contribution in [0.4, 0.5) is 11.4 Å². The summed E-state index contributed by atoms with van der Waals surface area (Å²) in [6.07, 6.45) is 0.0388. The van der Waals surface area contributed by atoms with E-state index in [1.807, 2.05) is 0 Å². The van der Waals surface area contributed by atoms with Crippen molar-refractivity contribution in [1.82, 2.24) is 0 Å². The molecule has 0 heterocycles. The number of halogens is 1. The second-order valence-electron chi connectivity index (χ2n) is 4.96. The molecule has 0 unspecified atom stereocenters. The zero-order valence-electron chi connectivity index (χ0n) is 12.5. The first-order valence-electron chi connectivity index (χ1n) is 6.86.